The van der Waals surface area contributed by atoms with Crippen molar-refractivity contribution in [2.75, 3.05) is 11.9 Å². The van der Waals surface area contributed by atoms with Crippen LogP contribution in [-0.4, -0.2) is 34.7 Å². The van der Waals surface area contributed by atoms with Crippen molar-refractivity contribution in [3.63, 3.8) is 0 Å². The van der Waals surface area contributed by atoms with E-state index in [-0.39, 0.29) is 11.6 Å². The average molecular weight is 444 g/mol. The van der Waals surface area contributed by atoms with E-state index in [9.17, 15) is 9.59 Å². The Morgan fingerprint density at radius 2 is 1.88 bits per heavy atom. The standard InChI is InChI=1S/C24H25N7O2/c1-30-22-14-20(18-10-6-3-7-11-18)29-31(22)13-12-19(24(30)33)27-23(32)21(28-25)16-26-15-17-8-4-2-5-9-17/h2-11,14,16,19,25-26H,12-13,15H2,1H3,(H,27,32)/b21-16-,28-25?. The zero-order valence-corrected chi connectivity index (χ0v) is 18.2. The summed E-state index contributed by atoms with van der Waals surface area (Å²) in [5.41, 5.74) is 10.0. The van der Waals surface area contributed by atoms with Crippen LogP contribution in [-0.2, 0) is 22.7 Å². The number of hydrogen-bond acceptors (Lipinski definition) is 6. The molecule has 3 N–H and O–H groups in total. The number of anilines is 1. The number of aromatic nitrogens is 2. The van der Waals surface area contributed by atoms with Gasteiger partial charge in [0.15, 0.2) is 5.70 Å². The molecule has 2 aromatic carbocycles. The molecule has 0 fully saturated rings. The molecule has 9 heteroatoms. The van der Waals surface area contributed by atoms with Crippen LogP contribution in [0.4, 0.5) is 5.82 Å². The van der Waals surface area contributed by atoms with Gasteiger partial charge in [0.05, 0.1) is 5.69 Å². The zero-order chi connectivity index (χ0) is 23.2. The van der Waals surface area contributed by atoms with Crippen LogP contribution >= 0.6 is 0 Å². The van der Waals surface area contributed by atoms with E-state index in [2.05, 4.69) is 20.8 Å². The van der Waals surface area contributed by atoms with E-state index in [0.29, 0.717) is 25.3 Å². The number of carbonyl (C=O) groups is 2. The maximum atomic E-state index is 13.1. The van der Waals surface area contributed by atoms with Crippen molar-refractivity contribution < 1.29 is 9.59 Å². The first-order valence-corrected chi connectivity index (χ1v) is 10.6. The Morgan fingerprint density at radius 1 is 1.18 bits per heavy atom. The van der Waals surface area contributed by atoms with Crippen LogP contribution in [0.3, 0.4) is 0 Å². The molecule has 0 bridgehead atoms. The van der Waals surface area contributed by atoms with E-state index in [4.69, 9.17) is 5.53 Å². The number of likely N-dealkylation sites (N-methyl/N-ethyl adjacent to an activating group) is 1. The van der Waals surface area contributed by atoms with E-state index in [1.165, 1.54) is 11.1 Å². The van der Waals surface area contributed by atoms with Crippen molar-refractivity contribution in [2.24, 2.45) is 5.11 Å². The molecule has 1 atom stereocenters. The van der Waals surface area contributed by atoms with Crippen LogP contribution < -0.4 is 15.5 Å². The molecule has 0 radical (unpaired) electrons. The highest BCUT2D eigenvalue weighted by Gasteiger charge is 2.31. The molecular formula is C24H25N7O2. The number of aryl methyl sites for hydroxylation is 1. The first-order chi connectivity index (χ1) is 16.1. The summed E-state index contributed by atoms with van der Waals surface area (Å²) in [6.07, 6.45) is 1.76. The molecule has 2 heterocycles. The lowest BCUT2D eigenvalue weighted by Crippen LogP contribution is -2.47. The normalized spacial score (nSPS) is 16.0. The quantitative estimate of drug-likeness (QED) is 0.384. The first kappa shape index (κ1) is 21.9. The second-order valence-corrected chi connectivity index (χ2v) is 7.70. The number of carbonyl (C=O) groups excluding carboxylic acids is 2. The number of fused-ring (bicyclic) bond motifs is 1. The summed E-state index contributed by atoms with van der Waals surface area (Å²) >= 11 is 0. The van der Waals surface area contributed by atoms with Gasteiger partial charge in [0.2, 0.25) is 0 Å². The van der Waals surface area contributed by atoms with E-state index in [0.717, 1.165) is 16.8 Å². The van der Waals surface area contributed by atoms with Gasteiger partial charge in [0.25, 0.3) is 11.8 Å². The van der Waals surface area contributed by atoms with Crippen molar-refractivity contribution in [2.45, 2.75) is 25.6 Å². The molecule has 1 aliphatic rings. The molecule has 0 spiro atoms. The Bertz CT molecular complexity index is 1170. The summed E-state index contributed by atoms with van der Waals surface area (Å²) in [7, 11) is 1.67. The van der Waals surface area contributed by atoms with Crippen LogP contribution in [0.5, 0.6) is 0 Å². The SMILES string of the molecule is CN1C(=O)C(NC(=O)/C(=C/NCc2ccccc2)N=N)CCn2nc(-c3ccccc3)cc21. The van der Waals surface area contributed by atoms with Crippen molar-refractivity contribution in [3.8, 4) is 11.3 Å². The number of hydrogen-bond donors (Lipinski definition) is 3. The average Bonchev–Trinajstić information content (AvgIpc) is 3.25. The number of nitrogens with one attached hydrogen (secondary N) is 3. The van der Waals surface area contributed by atoms with E-state index < -0.39 is 11.9 Å². The van der Waals surface area contributed by atoms with Crippen molar-refractivity contribution in [3.05, 3.63) is 84.2 Å². The van der Waals surface area contributed by atoms with Gasteiger partial charge >= 0.3 is 0 Å². The molecule has 9 nitrogen and oxygen atoms in total. The molecule has 3 aromatic rings. The predicted molar refractivity (Wildman–Crippen MR) is 124 cm³/mol. The molecule has 1 unspecified atom stereocenters. The second kappa shape index (κ2) is 9.90. The van der Waals surface area contributed by atoms with E-state index in [1.54, 1.807) is 11.7 Å². The highest BCUT2D eigenvalue weighted by molar-refractivity contribution is 6.01. The summed E-state index contributed by atoms with van der Waals surface area (Å²) in [6.45, 7) is 0.954. The van der Waals surface area contributed by atoms with Gasteiger partial charge in [-0.05, 0) is 12.0 Å². The lowest BCUT2D eigenvalue weighted by molar-refractivity contribution is -0.125. The number of rotatable bonds is 7. The van der Waals surface area contributed by atoms with Gasteiger partial charge < -0.3 is 10.6 Å². The third-order valence-corrected chi connectivity index (χ3v) is 5.48. The molecule has 0 saturated carbocycles. The lowest BCUT2D eigenvalue weighted by atomic mass is 10.1. The number of amides is 2. The summed E-state index contributed by atoms with van der Waals surface area (Å²) in [4.78, 5) is 27.2. The van der Waals surface area contributed by atoms with Gasteiger partial charge in [-0.1, -0.05) is 60.7 Å². The van der Waals surface area contributed by atoms with Gasteiger partial charge in [-0.3, -0.25) is 14.5 Å². The van der Waals surface area contributed by atoms with Gasteiger partial charge in [-0.15, -0.1) is 0 Å². The van der Waals surface area contributed by atoms with E-state index >= 15 is 0 Å². The molecule has 1 aromatic heterocycles. The number of nitrogens with zero attached hydrogens (tertiary/aromatic N) is 4. The fourth-order valence-corrected chi connectivity index (χ4v) is 3.69. The van der Waals surface area contributed by atoms with Gasteiger partial charge in [0.1, 0.15) is 11.9 Å². The van der Waals surface area contributed by atoms with E-state index in [1.807, 2.05) is 66.7 Å². The molecule has 1 aliphatic heterocycles. The summed E-state index contributed by atoms with van der Waals surface area (Å²) in [5.74, 6) is -0.161. The Morgan fingerprint density at radius 3 is 2.58 bits per heavy atom. The number of benzene rings is 2. The van der Waals surface area contributed by atoms with Crippen LogP contribution in [0.15, 0.2) is 83.7 Å². The maximum absolute atomic E-state index is 13.1. The predicted octanol–water partition coefficient (Wildman–Crippen LogP) is 3.06. The Hall–Kier alpha value is -4.27. The van der Waals surface area contributed by atoms with Crippen LogP contribution in [0.2, 0.25) is 0 Å². The zero-order valence-electron chi connectivity index (χ0n) is 18.2. The summed E-state index contributed by atoms with van der Waals surface area (Å²) in [5, 5.41) is 13.7. The smallest absolute Gasteiger partial charge is 0.273 e. The molecular weight excluding hydrogens is 418 g/mol. The minimum Gasteiger partial charge on any atom is -0.385 e. The summed E-state index contributed by atoms with van der Waals surface area (Å²) in [6, 6.07) is 20.6. The highest BCUT2D eigenvalue weighted by atomic mass is 16.2. The van der Waals surface area contributed by atoms with Crippen molar-refractivity contribution in [1.82, 2.24) is 20.4 Å². The van der Waals surface area contributed by atoms with Crippen LogP contribution in [0.1, 0.15) is 12.0 Å². The minimum absolute atomic E-state index is 0.102. The van der Waals surface area contributed by atoms with Crippen molar-refractivity contribution >= 4 is 17.6 Å². The third kappa shape index (κ3) is 4.98. The minimum atomic E-state index is -0.747. The first-order valence-electron chi connectivity index (χ1n) is 10.6. The maximum Gasteiger partial charge on any atom is 0.273 e. The fraction of sp³-hybridized carbons (Fsp3) is 0.208. The second-order valence-electron chi connectivity index (χ2n) is 7.70. The molecule has 33 heavy (non-hydrogen) atoms. The Labute approximate surface area is 191 Å². The Balaban J connectivity index is 1.42. The molecule has 0 saturated heterocycles. The molecule has 2 amide bonds. The van der Waals surface area contributed by atoms with Crippen LogP contribution in [0, 0.1) is 5.53 Å². The summed E-state index contributed by atoms with van der Waals surface area (Å²) < 4.78 is 1.78. The topological polar surface area (TPSA) is 115 Å². The van der Waals surface area contributed by atoms with Crippen molar-refractivity contribution in [1.29, 1.82) is 5.53 Å². The van der Waals surface area contributed by atoms with Gasteiger partial charge in [0, 0.05) is 38.0 Å². The molecule has 0 aliphatic carbocycles. The molecule has 4 rings (SSSR count). The van der Waals surface area contributed by atoms with Crippen LogP contribution in [0.25, 0.3) is 11.3 Å². The van der Waals surface area contributed by atoms with Gasteiger partial charge in [-0.25, -0.2) is 10.2 Å². The monoisotopic (exact) mass is 443 g/mol. The lowest BCUT2D eigenvalue weighted by Gasteiger charge is -2.20. The van der Waals surface area contributed by atoms with Gasteiger partial charge in [-0.2, -0.15) is 10.2 Å². The third-order valence-electron chi connectivity index (χ3n) is 5.48. The molecule has 168 valence electrons. The fourth-order valence-electron chi connectivity index (χ4n) is 3.69. The largest absolute Gasteiger partial charge is 0.385 e. The Kier molecular flexibility index (Phi) is 6.58. The highest BCUT2D eigenvalue weighted by Crippen LogP contribution is 2.26.